The minimum atomic E-state index is -0.714. The zero-order valence-corrected chi connectivity index (χ0v) is 19.3. The van der Waals surface area contributed by atoms with Gasteiger partial charge in [-0.25, -0.2) is 4.79 Å². The first kappa shape index (κ1) is 25.0. The largest absolute Gasteiger partial charge is 0.452 e. The van der Waals surface area contributed by atoms with E-state index in [1.54, 1.807) is 78.9 Å². The van der Waals surface area contributed by atoms with Crippen LogP contribution in [0.5, 0.6) is 0 Å². The number of hydrogen-bond donors (Lipinski definition) is 1. The number of hydrogen-bond acceptors (Lipinski definition) is 7. The number of amides is 2. The minimum Gasteiger partial charge on any atom is -0.452 e. The van der Waals surface area contributed by atoms with Gasteiger partial charge in [0.05, 0.1) is 29.0 Å². The van der Waals surface area contributed by atoms with E-state index in [0.717, 1.165) is 11.8 Å². The molecule has 0 aliphatic heterocycles. The molecule has 0 heterocycles. The van der Waals surface area contributed by atoms with Crippen molar-refractivity contribution in [2.75, 3.05) is 29.1 Å². The Bertz CT molecular complexity index is 1300. The molecule has 0 radical (unpaired) electrons. The summed E-state index contributed by atoms with van der Waals surface area (Å²) in [5.74, 6) is -1.54. The van der Waals surface area contributed by atoms with Crippen LogP contribution in [0.1, 0.15) is 15.9 Å². The maximum atomic E-state index is 12.7. The number of para-hydroxylation sites is 1. The first-order valence-electron chi connectivity index (χ1n) is 10.4. The Kier molecular flexibility index (Phi) is 9.00. The lowest BCUT2D eigenvalue weighted by Crippen LogP contribution is -2.35. The van der Waals surface area contributed by atoms with Crippen LogP contribution in [0.2, 0.25) is 0 Å². The van der Waals surface area contributed by atoms with Crippen LogP contribution in [-0.4, -0.2) is 36.7 Å². The first-order valence-corrected chi connectivity index (χ1v) is 11.4. The Labute approximate surface area is 206 Å². The molecule has 0 saturated heterocycles. The van der Waals surface area contributed by atoms with Crippen LogP contribution < -0.4 is 10.2 Å². The van der Waals surface area contributed by atoms with Crippen molar-refractivity contribution in [3.8, 4) is 12.1 Å². The second-order valence-corrected chi connectivity index (χ2v) is 8.09. The fourth-order valence-corrected chi connectivity index (χ4v) is 3.89. The molecule has 3 rings (SSSR count). The number of carbonyl (C=O) groups excluding carboxylic acids is 3. The molecule has 1 N–H and O–H groups in total. The summed E-state index contributed by atoms with van der Waals surface area (Å²) in [4.78, 5) is 39.4. The van der Waals surface area contributed by atoms with E-state index in [-0.39, 0.29) is 23.8 Å². The molecule has 2 amide bonds. The van der Waals surface area contributed by atoms with Crippen LogP contribution in [0, 0.1) is 22.7 Å². The molecule has 3 aromatic rings. The van der Waals surface area contributed by atoms with Crippen molar-refractivity contribution in [1.82, 2.24) is 0 Å². The van der Waals surface area contributed by atoms with Gasteiger partial charge in [-0.2, -0.15) is 10.5 Å². The highest BCUT2D eigenvalue weighted by Crippen LogP contribution is 2.24. The molecule has 0 saturated carbocycles. The molecular weight excluding hydrogens is 464 g/mol. The number of esters is 1. The molecule has 0 aromatic heterocycles. The number of nitrogens with one attached hydrogen (secondary N) is 1. The van der Waals surface area contributed by atoms with Gasteiger partial charge in [0.1, 0.15) is 6.54 Å². The summed E-state index contributed by atoms with van der Waals surface area (Å²) in [6.45, 7) is -0.719. The lowest BCUT2D eigenvalue weighted by Gasteiger charge is -2.19. The zero-order valence-electron chi connectivity index (χ0n) is 18.5. The molecule has 35 heavy (non-hydrogen) atoms. The monoisotopic (exact) mass is 484 g/mol. The average Bonchev–Trinajstić information content (AvgIpc) is 2.89. The lowest BCUT2D eigenvalue weighted by atomic mass is 10.2. The minimum absolute atomic E-state index is 0.0178. The van der Waals surface area contributed by atoms with E-state index in [1.165, 1.54) is 4.90 Å². The summed E-state index contributed by atoms with van der Waals surface area (Å²) >= 11 is 1.14. The van der Waals surface area contributed by atoms with Gasteiger partial charge in [0, 0.05) is 16.3 Å². The Hall–Kier alpha value is -4.60. The highest BCUT2D eigenvalue weighted by atomic mass is 32.2. The van der Waals surface area contributed by atoms with Crippen molar-refractivity contribution >= 4 is 40.9 Å². The van der Waals surface area contributed by atoms with Crippen LogP contribution in [0.25, 0.3) is 0 Å². The fourth-order valence-electron chi connectivity index (χ4n) is 3.05. The van der Waals surface area contributed by atoms with Crippen molar-refractivity contribution in [2.45, 2.75) is 4.90 Å². The maximum Gasteiger partial charge on any atom is 0.339 e. The highest BCUT2D eigenvalue weighted by molar-refractivity contribution is 8.00. The molecule has 174 valence electrons. The normalized spacial score (nSPS) is 9.89. The van der Waals surface area contributed by atoms with Gasteiger partial charge in [-0.15, -0.1) is 11.8 Å². The van der Waals surface area contributed by atoms with Gasteiger partial charge in [-0.1, -0.05) is 36.4 Å². The van der Waals surface area contributed by atoms with Crippen LogP contribution in [0.4, 0.5) is 11.4 Å². The number of anilines is 2. The second-order valence-electron chi connectivity index (χ2n) is 7.08. The molecule has 8 nitrogen and oxygen atoms in total. The Morgan fingerprint density at radius 2 is 1.69 bits per heavy atom. The summed E-state index contributed by atoms with van der Waals surface area (Å²) in [6.07, 6.45) is 0. The Balaban J connectivity index is 1.60. The fraction of sp³-hybridized carbons (Fsp3) is 0.115. The van der Waals surface area contributed by atoms with E-state index in [0.29, 0.717) is 21.8 Å². The van der Waals surface area contributed by atoms with Gasteiger partial charge in [0.2, 0.25) is 5.91 Å². The number of thioether (sulfide) groups is 1. The summed E-state index contributed by atoms with van der Waals surface area (Å²) in [5, 5.41) is 20.7. The van der Waals surface area contributed by atoms with E-state index >= 15 is 0 Å². The molecule has 0 aliphatic rings. The molecule has 9 heteroatoms. The molecule has 0 spiro atoms. The van der Waals surface area contributed by atoms with E-state index in [9.17, 15) is 14.4 Å². The Morgan fingerprint density at radius 1 is 0.943 bits per heavy atom. The predicted molar refractivity (Wildman–Crippen MR) is 132 cm³/mol. The number of benzene rings is 3. The quantitative estimate of drug-likeness (QED) is 0.277. The second kappa shape index (κ2) is 12.6. The van der Waals surface area contributed by atoms with E-state index in [1.807, 2.05) is 12.1 Å². The van der Waals surface area contributed by atoms with E-state index in [2.05, 4.69) is 5.32 Å². The molecule has 0 atom stereocenters. The molecule has 0 bridgehead atoms. The molecule has 0 fully saturated rings. The number of carbonyl (C=O) groups is 3. The standard InChI is InChI=1S/C26H20N4O4S/c27-13-14-30(21-9-2-1-3-10-21)25(32)17-34-26(33)22-11-4-5-12-23(22)35-18-24(31)29-20-8-6-7-19(15-20)16-28/h1-12,15H,14,17-18H2,(H,29,31). The first-order chi connectivity index (χ1) is 17.0. The lowest BCUT2D eigenvalue weighted by molar-refractivity contribution is -0.121. The number of rotatable bonds is 9. The van der Waals surface area contributed by atoms with Crippen molar-refractivity contribution in [3.05, 3.63) is 90.0 Å². The third-order valence-electron chi connectivity index (χ3n) is 4.67. The van der Waals surface area contributed by atoms with Gasteiger partial charge in [-0.05, 0) is 42.5 Å². The van der Waals surface area contributed by atoms with Gasteiger partial charge >= 0.3 is 5.97 Å². The summed E-state index contributed by atoms with van der Waals surface area (Å²) in [7, 11) is 0. The van der Waals surface area contributed by atoms with E-state index < -0.39 is 18.5 Å². The average molecular weight is 485 g/mol. The van der Waals surface area contributed by atoms with Crippen molar-refractivity contribution in [3.63, 3.8) is 0 Å². The van der Waals surface area contributed by atoms with Crippen molar-refractivity contribution in [1.29, 1.82) is 10.5 Å². The van der Waals surface area contributed by atoms with Crippen LogP contribution in [-0.2, 0) is 14.3 Å². The summed E-state index contributed by atoms with van der Waals surface area (Å²) in [5.41, 5.74) is 1.67. The van der Waals surface area contributed by atoms with Crippen molar-refractivity contribution < 1.29 is 19.1 Å². The number of ether oxygens (including phenoxy) is 1. The third-order valence-corrected chi connectivity index (χ3v) is 5.74. The van der Waals surface area contributed by atoms with Crippen molar-refractivity contribution in [2.24, 2.45) is 0 Å². The maximum absolute atomic E-state index is 12.7. The highest BCUT2D eigenvalue weighted by Gasteiger charge is 2.20. The van der Waals surface area contributed by atoms with E-state index in [4.69, 9.17) is 15.3 Å². The predicted octanol–water partition coefficient (Wildman–Crippen LogP) is 4.00. The molecular formula is C26H20N4O4S. The Morgan fingerprint density at radius 3 is 2.43 bits per heavy atom. The van der Waals surface area contributed by atoms with Crippen LogP contribution >= 0.6 is 11.8 Å². The van der Waals surface area contributed by atoms with Crippen LogP contribution in [0.15, 0.2) is 83.8 Å². The molecule has 0 aliphatic carbocycles. The van der Waals surface area contributed by atoms with Crippen LogP contribution in [0.3, 0.4) is 0 Å². The van der Waals surface area contributed by atoms with Gasteiger partial charge in [0.25, 0.3) is 5.91 Å². The number of nitriles is 2. The molecule has 3 aromatic carbocycles. The third kappa shape index (κ3) is 7.19. The summed E-state index contributed by atoms with van der Waals surface area (Å²) in [6, 6.07) is 25.7. The zero-order chi connectivity index (χ0) is 25.0. The van der Waals surface area contributed by atoms with Gasteiger partial charge < -0.3 is 10.1 Å². The van der Waals surface area contributed by atoms with Gasteiger partial charge in [0.15, 0.2) is 6.61 Å². The topological polar surface area (TPSA) is 123 Å². The SMILES string of the molecule is N#CCN(C(=O)COC(=O)c1ccccc1SCC(=O)Nc1cccc(C#N)c1)c1ccccc1. The number of nitrogens with zero attached hydrogens (tertiary/aromatic N) is 3. The van der Waals surface area contributed by atoms with Gasteiger partial charge in [-0.3, -0.25) is 14.5 Å². The smallest absolute Gasteiger partial charge is 0.339 e. The summed E-state index contributed by atoms with van der Waals surface area (Å²) < 4.78 is 5.22. The molecule has 0 unspecified atom stereocenters.